The van der Waals surface area contributed by atoms with E-state index in [1.807, 2.05) is 59.2 Å². The summed E-state index contributed by atoms with van der Waals surface area (Å²) < 4.78 is 11.4. The van der Waals surface area contributed by atoms with Gasteiger partial charge in [-0.15, -0.1) is 0 Å². The zero-order valence-corrected chi connectivity index (χ0v) is 19.7. The molecule has 0 radical (unpaired) electrons. The Morgan fingerprint density at radius 1 is 1.15 bits per heavy atom. The molecule has 0 saturated carbocycles. The van der Waals surface area contributed by atoms with Crippen molar-refractivity contribution in [3.63, 3.8) is 0 Å². The molecule has 1 N–H and O–H groups in total. The lowest BCUT2D eigenvalue weighted by molar-refractivity contribution is -0.126. The number of carbonyl (C=O) groups excluding carboxylic acids is 2. The molecule has 0 aliphatic carbocycles. The van der Waals surface area contributed by atoms with Gasteiger partial charge in [0, 0.05) is 31.1 Å². The third-order valence-corrected chi connectivity index (χ3v) is 6.55. The van der Waals surface area contributed by atoms with Crippen LogP contribution >= 0.6 is 0 Å². The average Bonchev–Trinajstić information content (AvgIpc) is 2.86. The van der Waals surface area contributed by atoms with Gasteiger partial charge in [0.1, 0.15) is 17.6 Å². The molecule has 2 aromatic carbocycles. The number of hydrogen-bond donors (Lipinski definition) is 1. The molecule has 1 atom stereocenters. The van der Waals surface area contributed by atoms with Crippen molar-refractivity contribution in [2.24, 2.45) is 5.92 Å². The number of urea groups is 1. The normalized spacial score (nSPS) is 18.3. The van der Waals surface area contributed by atoms with Gasteiger partial charge in [0.05, 0.1) is 19.3 Å². The molecule has 33 heavy (non-hydrogen) atoms. The number of anilines is 1. The standard InChI is InChI=1S/C26H33N3O4/c1-4-21-17-29(22-15-18(2)9-10-24(22)33-21)26(31)28-13-11-19(12-14-28)25(30)27-16-20-7-5-6-8-23(20)32-3/h5-10,15,19,21H,4,11-14,16-17H2,1-3H3,(H,27,30)/t21-/m0/s1. The maximum Gasteiger partial charge on any atom is 0.324 e. The largest absolute Gasteiger partial charge is 0.496 e. The number of nitrogens with one attached hydrogen (secondary N) is 1. The minimum Gasteiger partial charge on any atom is -0.496 e. The highest BCUT2D eigenvalue weighted by molar-refractivity contribution is 5.94. The molecule has 2 aromatic rings. The first-order chi connectivity index (χ1) is 16.0. The molecule has 2 heterocycles. The summed E-state index contributed by atoms with van der Waals surface area (Å²) in [5, 5.41) is 3.03. The fourth-order valence-electron chi connectivity index (χ4n) is 4.53. The van der Waals surface area contributed by atoms with Crippen molar-refractivity contribution in [3.05, 3.63) is 53.6 Å². The van der Waals surface area contributed by atoms with Gasteiger partial charge in [-0.1, -0.05) is 31.2 Å². The predicted molar refractivity (Wildman–Crippen MR) is 128 cm³/mol. The van der Waals surface area contributed by atoms with E-state index in [0.717, 1.165) is 34.7 Å². The molecule has 0 aromatic heterocycles. The second kappa shape index (κ2) is 10.1. The number of para-hydroxylation sites is 1. The Morgan fingerprint density at radius 2 is 1.91 bits per heavy atom. The fraction of sp³-hybridized carbons (Fsp3) is 0.462. The van der Waals surface area contributed by atoms with Gasteiger partial charge in [0.15, 0.2) is 0 Å². The predicted octanol–water partition coefficient (Wildman–Crippen LogP) is 4.13. The first kappa shape index (κ1) is 23.0. The van der Waals surface area contributed by atoms with E-state index in [2.05, 4.69) is 12.2 Å². The monoisotopic (exact) mass is 451 g/mol. The summed E-state index contributed by atoms with van der Waals surface area (Å²) in [5.41, 5.74) is 2.88. The Hall–Kier alpha value is -3.22. The van der Waals surface area contributed by atoms with Gasteiger partial charge in [0.25, 0.3) is 0 Å². The molecule has 0 spiro atoms. The van der Waals surface area contributed by atoms with Crippen molar-refractivity contribution in [3.8, 4) is 11.5 Å². The Bertz CT molecular complexity index is 1000. The minimum atomic E-state index is -0.0913. The van der Waals surface area contributed by atoms with Gasteiger partial charge < -0.3 is 19.7 Å². The zero-order chi connectivity index (χ0) is 23.4. The van der Waals surface area contributed by atoms with E-state index in [1.165, 1.54) is 0 Å². The molecular weight excluding hydrogens is 418 g/mol. The maximum atomic E-state index is 13.4. The van der Waals surface area contributed by atoms with Crippen LogP contribution < -0.4 is 19.7 Å². The molecule has 0 bridgehead atoms. The highest BCUT2D eigenvalue weighted by atomic mass is 16.5. The Morgan fingerprint density at radius 3 is 2.64 bits per heavy atom. The summed E-state index contributed by atoms with van der Waals surface area (Å²) >= 11 is 0. The molecule has 2 aliphatic rings. The van der Waals surface area contributed by atoms with Gasteiger partial charge >= 0.3 is 6.03 Å². The highest BCUT2D eigenvalue weighted by Gasteiger charge is 2.34. The number of likely N-dealkylation sites (tertiary alicyclic amines) is 1. The van der Waals surface area contributed by atoms with Gasteiger partial charge in [-0.2, -0.15) is 0 Å². The van der Waals surface area contributed by atoms with Crippen LogP contribution in [0.25, 0.3) is 0 Å². The SMILES string of the molecule is CC[C@H]1CN(C(=O)N2CCC(C(=O)NCc3ccccc3OC)CC2)c2cc(C)ccc2O1. The number of benzene rings is 2. The minimum absolute atomic E-state index is 0.00326. The van der Waals surface area contributed by atoms with Crippen LogP contribution in [0.2, 0.25) is 0 Å². The molecule has 1 saturated heterocycles. The molecule has 3 amide bonds. The Labute approximate surface area is 195 Å². The van der Waals surface area contributed by atoms with Crippen molar-refractivity contribution in [1.29, 1.82) is 0 Å². The van der Waals surface area contributed by atoms with Crippen LogP contribution in [0.1, 0.15) is 37.3 Å². The number of nitrogens with zero attached hydrogens (tertiary/aromatic N) is 2. The smallest absolute Gasteiger partial charge is 0.324 e. The lowest BCUT2D eigenvalue weighted by Crippen LogP contribution is -2.52. The summed E-state index contributed by atoms with van der Waals surface area (Å²) in [4.78, 5) is 29.9. The first-order valence-electron chi connectivity index (χ1n) is 11.7. The lowest BCUT2D eigenvalue weighted by Gasteiger charge is -2.39. The van der Waals surface area contributed by atoms with Gasteiger partial charge in [0.2, 0.25) is 5.91 Å². The number of aryl methyl sites for hydroxylation is 1. The van der Waals surface area contributed by atoms with E-state index in [0.29, 0.717) is 39.0 Å². The van der Waals surface area contributed by atoms with Crippen LogP contribution in [0.5, 0.6) is 11.5 Å². The van der Waals surface area contributed by atoms with E-state index in [-0.39, 0.29) is 24.0 Å². The number of rotatable bonds is 5. The van der Waals surface area contributed by atoms with Gasteiger partial charge in [-0.05, 0) is 49.9 Å². The molecule has 176 valence electrons. The van der Waals surface area contributed by atoms with E-state index in [4.69, 9.17) is 9.47 Å². The van der Waals surface area contributed by atoms with E-state index in [1.54, 1.807) is 7.11 Å². The van der Waals surface area contributed by atoms with Crippen molar-refractivity contribution < 1.29 is 19.1 Å². The van der Waals surface area contributed by atoms with Gasteiger partial charge in [-0.25, -0.2) is 4.79 Å². The zero-order valence-electron chi connectivity index (χ0n) is 19.7. The van der Waals surface area contributed by atoms with Crippen LogP contribution in [0.15, 0.2) is 42.5 Å². The molecule has 0 unspecified atom stereocenters. The van der Waals surface area contributed by atoms with E-state index < -0.39 is 0 Å². The van der Waals surface area contributed by atoms with Crippen LogP contribution in [-0.4, -0.2) is 49.7 Å². The molecule has 7 nitrogen and oxygen atoms in total. The van der Waals surface area contributed by atoms with Crippen LogP contribution in [0.3, 0.4) is 0 Å². The summed E-state index contributed by atoms with van der Waals surface area (Å²) in [6.07, 6.45) is 2.14. The Balaban J connectivity index is 1.35. The van der Waals surface area contributed by atoms with Gasteiger partial charge in [-0.3, -0.25) is 9.69 Å². The van der Waals surface area contributed by atoms with Crippen LogP contribution in [-0.2, 0) is 11.3 Å². The lowest BCUT2D eigenvalue weighted by atomic mass is 9.96. The quantitative estimate of drug-likeness (QED) is 0.742. The topological polar surface area (TPSA) is 71.1 Å². The summed E-state index contributed by atoms with van der Waals surface area (Å²) in [6.45, 7) is 6.21. The molecule has 2 aliphatic heterocycles. The average molecular weight is 452 g/mol. The number of ether oxygens (including phenoxy) is 2. The molecule has 4 rings (SSSR count). The van der Waals surface area contributed by atoms with Crippen molar-refractivity contribution in [1.82, 2.24) is 10.2 Å². The number of hydrogen-bond acceptors (Lipinski definition) is 4. The molecule has 7 heteroatoms. The van der Waals surface area contributed by atoms with Crippen LogP contribution in [0, 0.1) is 12.8 Å². The number of carbonyl (C=O) groups is 2. The van der Waals surface area contributed by atoms with Crippen molar-refractivity contribution >= 4 is 17.6 Å². The van der Waals surface area contributed by atoms with Crippen LogP contribution in [0.4, 0.5) is 10.5 Å². The fourth-order valence-corrected chi connectivity index (χ4v) is 4.53. The summed E-state index contributed by atoms with van der Waals surface area (Å²) in [7, 11) is 1.63. The number of fused-ring (bicyclic) bond motifs is 1. The number of amides is 3. The second-order valence-electron chi connectivity index (χ2n) is 8.80. The second-order valence-corrected chi connectivity index (χ2v) is 8.80. The first-order valence-corrected chi connectivity index (χ1v) is 11.7. The number of piperidine rings is 1. The number of methoxy groups -OCH3 is 1. The third-order valence-electron chi connectivity index (χ3n) is 6.55. The summed E-state index contributed by atoms with van der Waals surface area (Å²) in [6, 6.07) is 13.6. The molecule has 1 fully saturated rings. The Kier molecular flexibility index (Phi) is 7.06. The van der Waals surface area contributed by atoms with E-state index >= 15 is 0 Å². The van der Waals surface area contributed by atoms with E-state index in [9.17, 15) is 9.59 Å². The van der Waals surface area contributed by atoms with Crippen molar-refractivity contribution in [2.45, 2.75) is 45.8 Å². The summed E-state index contributed by atoms with van der Waals surface area (Å²) in [5.74, 6) is 1.47. The van der Waals surface area contributed by atoms with Crippen molar-refractivity contribution in [2.75, 3.05) is 31.6 Å². The third kappa shape index (κ3) is 5.07. The highest BCUT2D eigenvalue weighted by Crippen LogP contribution is 2.36. The maximum absolute atomic E-state index is 13.4. The molecular formula is C26H33N3O4.